The molecular formula is C16H24N2O2. The molecule has 0 atom stereocenters. The van der Waals surface area contributed by atoms with Gasteiger partial charge in [-0.2, -0.15) is 0 Å². The number of ether oxygens (including phenoxy) is 1. The minimum atomic E-state index is -0.117. The highest BCUT2D eigenvalue weighted by atomic mass is 16.5. The summed E-state index contributed by atoms with van der Waals surface area (Å²) in [5.74, 6) is 0.984. The second kappa shape index (κ2) is 6.16. The Morgan fingerprint density at radius 2 is 2.10 bits per heavy atom. The molecule has 4 heteroatoms. The summed E-state index contributed by atoms with van der Waals surface area (Å²) < 4.78 is 5.58. The van der Waals surface area contributed by atoms with Crippen molar-refractivity contribution in [1.82, 2.24) is 10.6 Å². The summed E-state index contributed by atoms with van der Waals surface area (Å²) in [5, 5.41) is 5.77. The number of carbonyl (C=O) groups excluding carboxylic acids is 1. The van der Waals surface area contributed by atoms with Crippen LogP contribution in [0, 0.1) is 5.41 Å². The van der Waals surface area contributed by atoms with Crippen molar-refractivity contribution < 1.29 is 9.53 Å². The largest absolute Gasteiger partial charge is 0.493 e. The molecule has 0 unspecified atom stereocenters. The summed E-state index contributed by atoms with van der Waals surface area (Å²) in [4.78, 5) is 11.7. The quantitative estimate of drug-likeness (QED) is 0.892. The average molecular weight is 276 g/mol. The molecule has 4 nitrogen and oxygen atoms in total. The van der Waals surface area contributed by atoms with Gasteiger partial charge in [-0.05, 0) is 35.4 Å². The lowest BCUT2D eigenvalue weighted by atomic mass is 9.97. The molecule has 0 spiro atoms. The smallest absolute Gasteiger partial charge is 0.315 e. The highest BCUT2D eigenvalue weighted by Crippen LogP contribution is 2.25. The van der Waals surface area contributed by atoms with Crippen molar-refractivity contribution >= 4 is 6.03 Å². The first kappa shape index (κ1) is 14.7. The molecule has 2 amide bonds. The van der Waals surface area contributed by atoms with Crippen molar-refractivity contribution in [3.05, 3.63) is 29.3 Å². The Balaban J connectivity index is 1.83. The maximum atomic E-state index is 11.7. The predicted octanol–water partition coefficient (Wildman–Crippen LogP) is 2.86. The Kier molecular flexibility index (Phi) is 4.53. The Morgan fingerprint density at radius 1 is 1.30 bits per heavy atom. The van der Waals surface area contributed by atoms with Gasteiger partial charge < -0.3 is 15.4 Å². The number of benzene rings is 1. The Bertz CT molecular complexity index is 478. The predicted molar refractivity (Wildman–Crippen MR) is 80.0 cm³/mol. The lowest BCUT2D eigenvalue weighted by Gasteiger charge is -2.19. The molecule has 1 aliphatic heterocycles. The topological polar surface area (TPSA) is 50.4 Å². The molecule has 0 fully saturated rings. The molecule has 1 heterocycles. The van der Waals surface area contributed by atoms with E-state index in [0.29, 0.717) is 13.1 Å². The van der Waals surface area contributed by atoms with Gasteiger partial charge in [-0.15, -0.1) is 0 Å². The van der Waals surface area contributed by atoms with Gasteiger partial charge in [0.2, 0.25) is 0 Å². The van der Waals surface area contributed by atoms with Gasteiger partial charge in [-0.1, -0.05) is 32.9 Å². The molecule has 0 aromatic heterocycles. The fourth-order valence-electron chi connectivity index (χ4n) is 2.11. The molecule has 2 rings (SSSR count). The SMILES string of the molecule is CC(C)(C)CNC(=O)NCc1ccc2c(c1)CCCO2. The van der Waals surface area contributed by atoms with Gasteiger partial charge in [0.15, 0.2) is 0 Å². The Morgan fingerprint density at radius 3 is 2.85 bits per heavy atom. The van der Waals surface area contributed by atoms with Gasteiger partial charge in [0.25, 0.3) is 0 Å². The minimum absolute atomic E-state index is 0.0977. The van der Waals surface area contributed by atoms with Gasteiger partial charge in [0, 0.05) is 13.1 Å². The van der Waals surface area contributed by atoms with Crippen LogP contribution in [-0.4, -0.2) is 19.2 Å². The highest BCUT2D eigenvalue weighted by molar-refractivity contribution is 5.73. The van der Waals surface area contributed by atoms with Crippen LogP contribution in [0.1, 0.15) is 38.3 Å². The number of carbonyl (C=O) groups is 1. The second-order valence-corrected chi connectivity index (χ2v) is 6.49. The monoisotopic (exact) mass is 276 g/mol. The summed E-state index contributed by atoms with van der Waals surface area (Å²) in [7, 11) is 0. The lowest BCUT2D eigenvalue weighted by Crippen LogP contribution is -2.39. The average Bonchev–Trinajstić information content (AvgIpc) is 2.42. The number of urea groups is 1. The molecule has 0 bridgehead atoms. The molecule has 0 saturated heterocycles. The summed E-state index contributed by atoms with van der Waals surface area (Å²) in [6.45, 7) is 8.30. The third-order valence-electron chi connectivity index (χ3n) is 3.21. The van der Waals surface area contributed by atoms with Crippen molar-refractivity contribution in [2.24, 2.45) is 5.41 Å². The van der Waals surface area contributed by atoms with Gasteiger partial charge in [-0.3, -0.25) is 0 Å². The van der Waals surface area contributed by atoms with E-state index in [9.17, 15) is 4.79 Å². The molecule has 110 valence electrons. The van der Waals surface area contributed by atoms with E-state index in [4.69, 9.17) is 4.74 Å². The molecule has 0 radical (unpaired) electrons. The molecule has 0 saturated carbocycles. The number of nitrogens with one attached hydrogen (secondary N) is 2. The van der Waals surface area contributed by atoms with Crippen LogP contribution in [0.25, 0.3) is 0 Å². The second-order valence-electron chi connectivity index (χ2n) is 6.49. The molecule has 0 aliphatic carbocycles. The van der Waals surface area contributed by atoms with Crippen LogP contribution >= 0.6 is 0 Å². The fourth-order valence-corrected chi connectivity index (χ4v) is 2.11. The maximum Gasteiger partial charge on any atom is 0.315 e. The summed E-state index contributed by atoms with van der Waals surface area (Å²) in [5.41, 5.74) is 2.45. The van der Waals surface area contributed by atoms with E-state index in [1.165, 1.54) is 5.56 Å². The van der Waals surface area contributed by atoms with Crippen molar-refractivity contribution in [3.8, 4) is 5.75 Å². The zero-order valence-electron chi connectivity index (χ0n) is 12.6. The molecule has 2 N–H and O–H groups in total. The normalized spacial score (nSPS) is 14.2. The molecule has 20 heavy (non-hydrogen) atoms. The molecule has 1 aromatic carbocycles. The Labute approximate surface area is 120 Å². The van der Waals surface area contributed by atoms with E-state index in [-0.39, 0.29) is 11.4 Å². The summed E-state index contributed by atoms with van der Waals surface area (Å²) >= 11 is 0. The van der Waals surface area contributed by atoms with Gasteiger partial charge >= 0.3 is 6.03 Å². The van der Waals surface area contributed by atoms with Crippen molar-refractivity contribution in [2.75, 3.05) is 13.2 Å². The third-order valence-corrected chi connectivity index (χ3v) is 3.21. The van der Waals surface area contributed by atoms with Crippen LogP contribution in [0.5, 0.6) is 5.75 Å². The summed E-state index contributed by atoms with van der Waals surface area (Å²) in [6.07, 6.45) is 2.12. The molecular weight excluding hydrogens is 252 g/mol. The number of hydrogen-bond donors (Lipinski definition) is 2. The van der Waals surface area contributed by atoms with E-state index < -0.39 is 0 Å². The van der Waals surface area contributed by atoms with Crippen molar-refractivity contribution in [1.29, 1.82) is 0 Å². The summed E-state index contributed by atoms with van der Waals surface area (Å²) in [6, 6.07) is 6.01. The van der Waals surface area contributed by atoms with Crippen LogP contribution in [0.15, 0.2) is 18.2 Å². The Hall–Kier alpha value is -1.71. The van der Waals surface area contributed by atoms with E-state index in [0.717, 1.165) is 30.8 Å². The zero-order chi connectivity index (χ0) is 14.6. The molecule has 1 aliphatic rings. The maximum absolute atomic E-state index is 11.7. The van der Waals surface area contributed by atoms with Gasteiger partial charge in [0.05, 0.1) is 6.61 Å². The van der Waals surface area contributed by atoms with Crippen LogP contribution in [0.3, 0.4) is 0 Å². The first-order valence-electron chi connectivity index (χ1n) is 7.20. The number of rotatable bonds is 3. The van der Waals surface area contributed by atoms with E-state index in [2.05, 4.69) is 37.5 Å². The fraction of sp³-hybridized carbons (Fsp3) is 0.562. The number of amides is 2. The third kappa shape index (κ3) is 4.44. The van der Waals surface area contributed by atoms with E-state index in [1.807, 2.05) is 12.1 Å². The lowest BCUT2D eigenvalue weighted by molar-refractivity contribution is 0.235. The number of aryl methyl sites for hydroxylation is 1. The van der Waals surface area contributed by atoms with Gasteiger partial charge in [-0.25, -0.2) is 4.79 Å². The van der Waals surface area contributed by atoms with Crippen molar-refractivity contribution in [3.63, 3.8) is 0 Å². The number of fused-ring (bicyclic) bond motifs is 1. The highest BCUT2D eigenvalue weighted by Gasteiger charge is 2.13. The first-order chi connectivity index (χ1) is 9.44. The van der Waals surface area contributed by atoms with E-state index in [1.54, 1.807) is 0 Å². The van der Waals surface area contributed by atoms with Crippen LogP contribution in [0.4, 0.5) is 4.79 Å². The number of hydrogen-bond acceptors (Lipinski definition) is 2. The van der Waals surface area contributed by atoms with Crippen LogP contribution < -0.4 is 15.4 Å². The zero-order valence-corrected chi connectivity index (χ0v) is 12.6. The standard InChI is InChI=1S/C16H24N2O2/c1-16(2,3)11-18-15(19)17-10-12-6-7-14-13(9-12)5-4-8-20-14/h6-7,9H,4-5,8,10-11H2,1-3H3,(H2,17,18,19). The van der Waals surface area contributed by atoms with Crippen LogP contribution in [-0.2, 0) is 13.0 Å². The van der Waals surface area contributed by atoms with Crippen LogP contribution in [0.2, 0.25) is 0 Å². The van der Waals surface area contributed by atoms with Crippen molar-refractivity contribution in [2.45, 2.75) is 40.2 Å². The first-order valence-corrected chi connectivity index (χ1v) is 7.20. The van der Waals surface area contributed by atoms with Gasteiger partial charge in [0.1, 0.15) is 5.75 Å². The van der Waals surface area contributed by atoms with E-state index >= 15 is 0 Å². The molecule has 1 aromatic rings. The minimum Gasteiger partial charge on any atom is -0.493 e.